The molecule has 2 aliphatic rings. The first-order chi connectivity index (χ1) is 19.2. The van der Waals surface area contributed by atoms with E-state index in [0.717, 1.165) is 29.4 Å². The monoisotopic (exact) mass is 564 g/mol. The topological polar surface area (TPSA) is 86.3 Å². The molecule has 2 fully saturated rings. The van der Waals surface area contributed by atoms with Crippen molar-refractivity contribution in [2.45, 2.75) is 91.1 Å². The van der Waals surface area contributed by atoms with Crippen molar-refractivity contribution in [1.82, 2.24) is 10.2 Å². The van der Waals surface area contributed by atoms with Gasteiger partial charge in [-0.2, -0.15) is 0 Å². The molecule has 0 aromatic heterocycles. The first-order valence-electron chi connectivity index (χ1n) is 14.6. The molecule has 0 radical (unpaired) electrons. The smallest absolute Gasteiger partial charge is 0.489 e. The molecule has 0 saturated carbocycles. The molecule has 2 saturated heterocycles. The van der Waals surface area contributed by atoms with Crippen molar-refractivity contribution in [3.8, 4) is 5.75 Å². The summed E-state index contributed by atoms with van der Waals surface area (Å²) < 4.78 is 24.1. The lowest BCUT2D eigenvalue weighted by atomic mass is 9.78. The number of hydrogen-bond donors (Lipinski definition) is 1. The average Bonchev–Trinajstić information content (AvgIpc) is 3.13. The van der Waals surface area contributed by atoms with Crippen LogP contribution in [0.1, 0.15) is 72.4 Å². The highest BCUT2D eigenvalue weighted by atomic mass is 16.7. The molecule has 2 amide bonds. The van der Waals surface area contributed by atoms with Gasteiger partial charge in [0.25, 0.3) is 0 Å². The van der Waals surface area contributed by atoms with E-state index in [4.69, 9.17) is 18.8 Å². The van der Waals surface area contributed by atoms with Crippen LogP contribution in [0.4, 0.5) is 4.79 Å². The minimum Gasteiger partial charge on any atom is -0.489 e. The van der Waals surface area contributed by atoms with Gasteiger partial charge in [-0.1, -0.05) is 42.5 Å². The van der Waals surface area contributed by atoms with E-state index in [-0.39, 0.29) is 12.3 Å². The quantitative estimate of drug-likeness (QED) is 0.461. The highest BCUT2D eigenvalue weighted by Gasteiger charge is 2.51. The number of amides is 2. The largest absolute Gasteiger partial charge is 0.494 e. The van der Waals surface area contributed by atoms with Gasteiger partial charge in [-0.15, -0.1) is 0 Å². The van der Waals surface area contributed by atoms with Crippen LogP contribution in [0.5, 0.6) is 5.75 Å². The van der Waals surface area contributed by atoms with Crippen molar-refractivity contribution in [1.29, 1.82) is 0 Å². The summed E-state index contributed by atoms with van der Waals surface area (Å²) >= 11 is 0. The molecule has 222 valence electrons. The third kappa shape index (κ3) is 8.26. The highest BCUT2D eigenvalue weighted by Crippen LogP contribution is 2.37. The van der Waals surface area contributed by atoms with Gasteiger partial charge < -0.3 is 29.0 Å². The van der Waals surface area contributed by atoms with Gasteiger partial charge in [-0.3, -0.25) is 4.79 Å². The van der Waals surface area contributed by atoms with Crippen molar-refractivity contribution in [2.24, 2.45) is 5.92 Å². The molecular formula is C32H45BN2O6. The van der Waals surface area contributed by atoms with Gasteiger partial charge in [-0.05, 0) is 84.3 Å². The normalized spacial score (nSPS) is 18.7. The third-order valence-electron chi connectivity index (χ3n) is 8.09. The molecule has 41 heavy (non-hydrogen) atoms. The van der Waals surface area contributed by atoms with Crippen LogP contribution in [-0.4, -0.2) is 60.5 Å². The van der Waals surface area contributed by atoms with Crippen LogP contribution in [0.3, 0.4) is 0 Å². The highest BCUT2D eigenvalue weighted by molar-refractivity contribution is 6.62. The predicted molar refractivity (Wildman–Crippen MR) is 160 cm³/mol. The number of benzene rings is 2. The first kappa shape index (κ1) is 30.9. The number of ether oxygens (including phenoxy) is 2. The SMILES string of the molecule is CC(C)(C)OC(=O)NCC1CCN(C(=O)Cc2cc(B3OC(C)(C)C(C)(C)O3)ccc2OCc2ccccc2)CC1. The number of nitrogens with one attached hydrogen (secondary N) is 1. The number of hydrogen-bond acceptors (Lipinski definition) is 6. The molecule has 0 aliphatic carbocycles. The maximum atomic E-state index is 13.5. The second kappa shape index (κ2) is 12.5. The van der Waals surface area contributed by atoms with Crippen LogP contribution < -0.4 is 15.5 Å². The minimum absolute atomic E-state index is 0.0548. The van der Waals surface area contributed by atoms with Gasteiger partial charge in [0.05, 0.1) is 17.6 Å². The summed E-state index contributed by atoms with van der Waals surface area (Å²) in [5.41, 5.74) is 1.29. The van der Waals surface area contributed by atoms with E-state index >= 15 is 0 Å². The Labute approximate surface area is 245 Å². The lowest BCUT2D eigenvalue weighted by Gasteiger charge is -2.32. The predicted octanol–water partition coefficient (Wildman–Crippen LogP) is 4.87. The Morgan fingerprint density at radius 2 is 1.63 bits per heavy atom. The molecule has 2 aromatic rings. The van der Waals surface area contributed by atoms with Crippen LogP contribution in [0.15, 0.2) is 48.5 Å². The fraction of sp³-hybridized carbons (Fsp3) is 0.562. The molecule has 8 nitrogen and oxygen atoms in total. The van der Waals surface area contributed by atoms with Crippen LogP contribution >= 0.6 is 0 Å². The summed E-state index contributed by atoms with van der Waals surface area (Å²) in [4.78, 5) is 27.4. The number of nitrogens with zero attached hydrogens (tertiary/aromatic N) is 1. The average molecular weight is 565 g/mol. The van der Waals surface area contributed by atoms with E-state index in [1.165, 1.54) is 0 Å². The Morgan fingerprint density at radius 1 is 1.00 bits per heavy atom. The standard InChI is InChI=1S/C32H45BN2O6/c1-30(2,3)39-29(37)34-21-23-15-17-35(18-16-23)28(36)20-25-19-26(33-40-31(4,5)32(6,7)41-33)13-14-27(25)38-22-24-11-9-8-10-12-24/h8-14,19,23H,15-18,20-22H2,1-7H3,(H,34,37). The van der Waals surface area contributed by atoms with Crippen LogP contribution in [0.25, 0.3) is 0 Å². The Balaban J connectivity index is 1.41. The second-order valence-electron chi connectivity index (χ2n) is 13.1. The number of piperidine rings is 1. The summed E-state index contributed by atoms with van der Waals surface area (Å²) in [6.45, 7) is 15.9. The molecule has 2 aliphatic heterocycles. The van der Waals surface area contributed by atoms with Gasteiger partial charge in [-0.25, -0.2) is 4.79 Å². The van der Waals surface area contributed by atoms with Gasteiger partial charge in [0, 0.05) is 25.2 Å². The summed E-state index contributed by atoms with van der Waals surface area (Å²) in [5, 5.41) is 2.87. The molecule has 0 unspecified atom stereocenters. The zero-order chi connectivity index (χ0) is 29.8. The lowest BCUT2D eigenvalue weighted by Crippen LogP contribution is -2.43. The lowest BCUT2D eigenvalue weighted by molar-refractivity contribution is -0.131. The zero-order valence-corrected chi connectivity index (χ0v) is 25.6. The molecule has 0 atom stereocenters. The Hall–Kier alpha value is -3.04. The fourth-order valence-corrected chi connectivity index (χ4v) is 4.94. The summed E-state index contributed by atoms with van der Waals surface area (Å²) in [6, 6.07) is 15.8. The van der Waals surface area contributed by atoms with E-state index in [0.29, 0.717) is 37.9 Å². The zero-order valence-electron chi connectivity index (χ0n) is 25.6. The maximum Gasteiger partial charge on any atom is 0.494 e. The van der Waals surface area contributed by atoms with Crippen LogP contribution in [-0.2, 0) is 31.9 Å². The fourth-order valence-electron chi connectivity index (χ4n) is 4.94. The van der Waals surface area contributed by atoms with Crippen molar-refractivity contribution in [3.05, 3.63) is 59.7 Å². The number of alkyl carbamates (subject to hydrolysis) is 1. The summed E-state index contributed by atoms with van der Waals surface area (Å²) in [5.74, 6) is 1.04. The van der Waals surface area contributed by atoms with Crippen molar-refractivity contribution in [2.75, 3.05) is 19.6 Å². The van der Waals surface area contributed by atoms with Gasteiger partial charge >= 0.3 is 13.2 Å². The van der Waals surface area contributed by atoms with Crippen molar-refractivity contribution < 1.29 is 28.4 Å². The maximum absolute atomic E-state index is 13.5. The second-order valence-corrected chi connectivity index (χ2v) is 13.1. The summed E-state index contributed by atoms with van der Waals surface area (Å²) in [6.07, 6.45) is 1.47. The van der Waals surface area contributed by atoms with Crippen molar-refractivity contribution >= 4 is 24.6 Å². The molecule has 9 heteroatoms. The van der Waals surface area contributed by atoms with Crippen LogP contribution in [0.2, 0.25) is 0 Å². The van der Waals surface area contributed by atoms with Gasteiger partial charge in [0.2, 0.25) is 5.91 Å². The molecule has 2 heterocycles. The van der Waals surface area contributed by atoms with E-state index in [1.54, 1.807) is 0 Å². The van der Waals surface area contributed by atoms with Crippen LogP contribution in [0, 0.1) is 5.92 Å². The Kier molecular flexibility index (Phi) is 9.39. The number of carbonyl (C=O) groups excluding carboxylic acids is 2. The number of rotatable bonds is 8. The van der Waals surface area contributed by atoms with E-state index in [1.807, 2.05) is 102 Å². The Bertz CT molecular complexity index is 1190. The number of carbonyl (C=O) groups is 2. The van der Waals surface area contributed by atoms with Crippen molar-refractivity contribution in [3.63, 3.8) is 0 Å². The van der Waals surface area contributed by atoms with E-state index in [2.05, 4.69) is 5.32 Å². The molecule has 2 aromatic carbocycles. The Morgan fingerprint density at radius 3 is 2.24 bits per heavy atom. The minimum atomic E-state index is -0.525. The first-order valence-corrected chi connectivity index (χ1v) is 14.6. The molecule has 0 bridgehead atoms. The van der Waals surface area contributed by atoms with Gasteiger partial charge in [0.15, 0.2) is 0 Å². The molecular weight excluding hydrogens is 519 g/mol. The molecule has 1 N–H and O–H groups in total. The molecule has 0 spiro atoms. The van der Waals surface area contributed by atoms with Gasteiger partial charge in [0.1, 0.15) is 18.0 Å². The number of likely N-dealkylation sites (tertiary alicyclic amines) is 1. The third-order valence-corrected chi connectivity index (χ3v) is 8.09. The van der Waals surface area contributed by atoms with E-state index < -0.39 is 30.0 Å². The molecule has 4 rings (SSSR count). The summed E-state index contributed by atoms with van der Waals surface area (Å²) in [7, 11) is -0.523. The van der Waals surface area contributed by atoms with E-state index in [9.17, 15) is 9.59 Å².